The Hall–Kier alpha value is -3.81. The maximum Gasteiger partial charge on any atom is 0.472 e. The van der Waals surface area contributed by atoms with E-state index in [2.05, 4.69) is 15.3 Å². The molecule has 0 bridgehead atoms. The average molecular weight is 518 g/mol. The Morgan fingerprint density at radius 3 is 2.43 bits per heavy atom. The number of benzene rings is 1. The molecule has 35 heavy (non-hydrogen) atoms. The first kappa shape index (κ1) is 25.8. The maximum atomic E-state index is 14.4. The molecular weight excluding hydrogens is 502 g/mol. The summed E-state index contributed by atoms with van der Waals surface area (Å²) in [5.74, 6) is -5.10. The van der Waals surface area contributed by atoms with Crippen molar-refractivity contribution in [1.29, 1.82) is 0 Å². The molecule has 0 aliphatic heterocycles. The minimum atomic E-state index is -5.26. The lowest BCUT2D eigenvalue weighted by molar-refractivity contribution is -0.171. The standard InChI is InChI=1S/C21H16F6N4O3S/c1-34-16-7-12(22)3-4-13(16)14-8-18(28-9-15(14)23)30-19-6-11(5-17(24)29-19)10-35(2,33)31-20(32)21(25,26)27/h3-10H,1-2H3,(H,28,29,30)(H,31,32,33). The topological polar surface area (TPSA) is 93.2 Å². The molecular formula is C21H16F6N4O3S. The van der Waals surface area contributed by atoms with E-state index in [9.17, 15) is 35.3 Å². The van der Waals surface area contributed by atoms with Crippen LogP contribution < -0.4 is 14.8 Å². The van der Waals surface area contributed by atoms with Gasteiger partial charge in [0.2, 0.25) is 5.95 Å². The first-order chi connectivity index (χ1) is 16.3. The summed E-state index contributed by atoms with van der Waals surface area (Å²) in [6.45, 7) is 0. The predicted octanol–water partition coefficient (Wildman–Crippen LogP) is 3.97. The number of methoxy groups -OCH3 is 1. The van der Waals surface area contributed by atoms with Gasteiger partial charge in [-0.25, -0.2) is 23.0 Å². The predicted molar refractivity (Wildman–Crippen MR) is 117 cm³/mol. The Labute approximate surface area is 195 Å². The van der Waals surface area contributed by atoms with E-state index in [1.165, 1.54) is 24.0 Å². The van der Waals surface area contributed by atoms with Crippen LogP contribution in [0.15, 0.2) is 42.6 Å². The fourth-order valence-corrected chi connectivity index (χ4v) is 4.11. The molecule has 2 aromatic heterocycles. The first-order valence-corrected chi connectivity index (χ1v) is 11.5. The summed E-state index contributed by atoms with van der Waals surface area (Å²) in [4.78, 5) is 18.5. The van der Waals surface area contributed by atoms with Crippen molar-refractivity contribution in [3.05, 3.63) is 65.7 Å². The van der Waals surface area contributed by atoms with Crippen LogP contribution in [0.3, 0.4) is 0 Å². The zero-order chi connectivity index (χ0) is 26.0. The summed E-state index contributed by atoms with van der Waals surface area (Å²) in [5.41, 5.74) is -0.00399. The minimum absolute atomic E-state index is 0.0283. The molecule has 0 saturated heterocycles. The molecule has 0 fully saturated rings. The van der Waals surface area contributed by atoms with E-state index in [1.807, 2.05) is 0 Å². The van der Waals surface area contributed by atoms with Crippen LogP contribution in [0.25, 0.3) is 11.1 Å². The maximum absolute atomic E-state index is 14.4. The van der Waals surface area contributed by atoms with E-state index in [4.69, 9.17) is 4.74 Å². The Bertz CT molecular complexity index is 1400. The van der Waals surface area contributed by atoms with Gasteiger partial charge in [-0.05, 0) is 29.8 Å². The molecule has 3 rings (SSSR count). The van der Waals surface area contributed by atoms with Crippen LogP contribution in [0.4, 0.5) is 38.0 Å². The van der Waals surface area contributed by atoms with Gasteiger partial charge in [0.15, 0.2) is 0 Å². The molecule has 7 nitrogen and oxygen atoms in total. The normalized spacial score (nSPS) is 13.0. The second-order valence-electron chi connectivity index (χ2n) is 7.08. The SMILES string of the molecule is COc1cc(F)ccc1-c1cc(Nc2cc(C=S(C)(=O)NC(=O)C(F)(F)F)cc(F)n2)ncc1F. The van der Waals surface area contributed by atoms with E-state index in [0.29, 0.717) is 0 Å². The molecule has 186 valence electrons. The highest BCUT2D eigenvalue weighted by Gasteiger charge is 2.39. The molecule has 14 heteroatoms. The highest BCUT2D eigenvalue weighted by molar-refractivity contribution is 7.99. The fraction of sp³-hybridized carbons (Fsp3) is 0.143. The number of pyridine rings is 2. The van der Waals surface area contributed by atoms with Crippen molar-refractivity contribution in [2.45, 2.75) is 6.18 Å². The van der Waals surface area contributed by atoms with Crippen molar-refractivity contribution in [3.8, 4) is 16.9 Å². The van der Waals surface area contributed by atoms with Crippen molar-refractivity contribution in [2.24, 2.45) is 0 Å². The summed E-state index contributed by atoms with van der Waals surface area (Å²) < 4.78 is 98.1. The molecule has 0 saturated carbocycles. The van der Waals surface area contributed by atoms with Gasteiger partial charge in [0, 0.05) is 34.9 Å². The number of hydrogen-bond acceptors (Lipinski definition) is 6. The number of carbonyl (C=O) groups is 1. The van der Waals surface area contributed by atoms with Gasteiger partial charge in [-0.15, -0.1) is 0 Å². The van der Waals surface area contributed by atoms with Gasteiger partial charge in [-0.1, -0.05) is 0 Å². The summed E-state index contributed by atoms with van der Waals surface area (Å²) in [7, 11) is -2.44. The van der Waals surface area contributed by atoms with E-state index >= 15 is 0 Å². The van der Waals surface area contributed by atoms with Crippen LogP contribution in [-0.4, -0.2) is 45.0 Å². The van der Waals surface area contributed by atoms with Crippen LogP contribution in [0, 0.1) is 17.6 Å². The molecule has 2 heterocycles. The zero-order valence-electron chi connectivity index (χ0n) is 17.9. The summed E-state index contributed by atoms with van der Waals surface area (Å²) in [5, 5.41) is 3.33. The number of nitrogens with one attached hydrogen (secondary N) is 2. The minimum Gasteiger partial charge on any atom is -0.496 e. The molecule has 1 atom stereocenters. The van der Waals surface area contributed by atoms with E-state index in [0.717, 1.165) is 42.1 Å². The lowest BCUT2D eigenvalue weighted by Crippen LogP contribution is -2.40. The van der Waals surface area contributed by atoms with Crippen molar-refractivity contribution in [3.63, 3.8) is 0 Å². The third kappa shape index (κ3) is 6.62. The van der Waals surface area contributed by atoms with Gasteiger partial charge < -0.3 is 10.1 Å². The first-order valence-electron chi connectivity index (χ1n) is 9.44. The largest absolute Gasteiger partial charge is 0.496 e. The van der Waals surface area contributed by atoms with Crippen LogP contribution >= 0.6 is 0 Å². The van der Waals surface area contributed by atoms with Crippen molar-refractivity contribution in [1.82, 2.24) is 14.7 Å². The number of rotatable bonds is 6. The number of amides is 1. The number of halogens is 6. The lowest BCUT2D eigenvalue weighted by Gasteiger charge is -2.12. The molecule has 1 amide bonds. The fourth-order valence-electron chi connectivity index (χ4n) is 2.91. The number of nitrogens with zero attached hydrogens (tertiary/aromatic N) is 2. The Morgan fingerprint density at radius 1 is 1.06 bits per heavy atom. The Morgan fingerprint density at radius 2 is 1.77 bits per heavy atom. The van der Waals surface area contributed by atoms with Crippen LogP contribution in [-0.2, 0) is 14.5 Å². The number of ether oxygens (including phenoxy) is 1. The molecule has 3 aromatic rings. The van der Waals surface area contributed by atoms with Gasteiger partial charge in [0.25, 0.3) is 0 Å². The smallest absolute Gasteiger partial charge is 0.472 e. The van der Waals surface area contributed by atoms with Crippen LogP contribution in [0.1, 0.15) is 5.56 Å². The highest BCUT2D eigenvalue weighted by atomic mass is 32.2. The van der Waals surface area contributed by atoms with Gasteiger partial charge in [0.1, 0.15) is 29.0 Å². The average Bonchev–Trinajstić information content (AvgIpc) is 2.73. The monoisotopic (exact) mass is 518 g/mol. The summed E-state index contributed by atoms with van der Waals surface area (Å²) >= 11 is 0. The van der Waals surface area contributed by atoms with Gasteiger partial charge in [-0.3, -0.25) is 9.52 Å². The number of carbonyl (C=O) groups excluding carboxylic acids is 1. The lowest BCUT2D eigenvalue weighted by atomic mass is 10.0. The van der Waals surface area contributed by atoms with Gasteiger partial charge in [-0.2, -0.15) is 17.6 Å². The molecule has 0 aliphatic carbocycles. The second kappa shape index (κ2) is 9.82. The van der Waals surface area contributed by atoms with Crippen molar-refractivity contribution < 1.29 is 40.1 Å². The summed E-state index contributed by atoms with van der Waals surface area (Å²) in [6, 6.07) is 6.56. The van der Waals surface area contributed by atoms with Gasteiger partial charge >= 0.3 is 12.1 Å². The molecule has 2 N–H and O–H groups in total. The highest BCUT2D eigenvalue weighted by Crippen LogP contribution is 2.33. The number of aromatic nitrogens is 2. The number of anilines is 2. The molecule has 0 aliphatic rings. The van der Waals surface area contributed by atoms with Crippen LogP contribution in [0.2, 0.25) is 0 Å². The quantitative estimate of drug-likeness (QED) is 0.292. The van der Waals surface area contributed by atoms with Gasteiger partial charge in [0.05, 0.1) is 23.0 Å². The Balaban J connectivity index is 1.94. The summed E-state index contributed by atoms with van der Waals surface area (Å²) in [6.07, 6.45) is -3.59. The third-order valence-corrected chi connectivity index (χ3v) is 5.61. The van der Waals surface area contributed by atoms with E-state index < -0.39 is 39.4 Å². The number of hydrogen-bond donors (Lipinski definition) is 2. The second-order valence-corrected chi connectivity index (χ2v) is 9.33. The zero-order valence-corrected chi connectivity index (χ0v) is 18.7. The van der Waals surface area contributed by atoms with Crippen LogP contribution in [0.5, 0.6) is 5.75 Å². The third-order valence-electron chi connectivity index (χ3n) is 4.30. The molecule has 0 radical (unpaired) electrons. The molecule has 1 aromatic carbocycles. The van der Waals surface area contributed by atoms with Crippen molar-refractivity contribution in [2.75, 3.05) is 18.7 Å². The van der Waals surface area contributed by atoms with E-state index in [1.54, 1.807) is 0 Å². The molecule has 0 spiro atoms. The van der Waals surface area contributed by atoms with Crippen molar-refractivity contribution >= 4 is 32.6 Å². The number of alkyl halides is 3. The Kier molecular flexibility index (Phi) is 7.24. The molecule has 1 unspecified atom stereocenters. The van der Waals surface area contributed by atoms with E-state index in [-0.39, 0.29) is 34.1 Å².